The molecule has 0 saturated heterocycles. The third-order valence-corrected chi connectivity index (χ3v) is 2.90. The van der Waals surface area contributed by atoms with Gasteiger partial charge in [-0.25, -0.2) is 0 Å². The van der Waals surface area contributed by atoms with E-state index in [1.165, 1.54) is 0 Å². The highest BCUT2D eigenvalue weighted by atomic mass is 35.5. The fourth-order valence-electron chi connectivity index (χ4n) is 1.66. The van der Waals surface area contributed by atoms with E-state index in [1.807, 2.05) is 24.3 Å². The molecule has 0 aliphatic heterocycles. The Labute approximate surface area is 102 Å². The van der Waals surface area contributed by atoms with Crippen LogP contribution in [0.3, 0.4) is 0 Å². The zero-order chi connectivity index (χ0) is 12.0. The lowest BCUT2D eigenvalue weighted by molar-refractivity contribution is 0.448. The van der Waals surface area contributed by atoms with Crippen LogP contribution in [0, 0.1) is 11.3 Å². The molecule has 0 saturated carbocycles. The molecule has 0 bridgehead atoms. The normalized spacial score (nSPS) is 14.1. The molecule has 2 nitrogen and oxygen atoms in total. The van der Waals surface area contributed by atoms with Crippen LogP contribution in [0.15, 0.2) is 24.3 Å². The van der Waals surface area contributed by atoms with Gasteiger partial charge in [0.05, 0.1) is 12.5 Å². The van der Waals surface area contributed by atoms with Crippen molar-refractivity contribution in [2.75, 3.05) is 0 Å². The Balaban J connectivity index is 2.64. The number of halogens is 1. The van der Waals surface area contributed by atoms with Gasteiger partial charge in [0, 0.05) is 17.1 Å². The number of hydrogen-bond donors (Lipinski definition) is 1. The van der Waals surface area contributed by atoms with Crippen molar-refractivity contribution in [2.45, 2.75) is 38.8 Å². The van der Waals surface area contributed by atoms with E-state index in [0.29, 0.717) is 6.42 Å². The Morgan fingerprint density at radius 1 is 1.50 bits per heavy atom. The first-order valence-corrected chi connectivity index (χ1v) is 5.93. The Kier molecular flexibility index (Phi) is 5.31. The van der Waals surface area contributed by atoms with Crippen LogP contribution in [-0.4, -0.2) is 6.04 Å². The lowest BCUT2D eigenvalue weighted by Crippen LogP contribution is -2.30. The van der Waals surface area contributed by atoms with Gasteiger partial charge < -0.3 is 5.32 Å². The van der Waals surface area contributed by atoms with Crippen molar-refractivity contribution in [1.82, 2.24) is 5.32 Å². The first-order chi connectivity index (χ1) is 7.67. The summed E-state index contributed by atoms with van der Waals surface area (Å²) in [7, 11) is 0. The van der Waals surface area contributed by atoms with Crippen molar-refractivity contribution in [3.63, 3.8) is 0 Å². The molecule has 86 valence electrons. The molecule has 2 unspecified atom stereocenters. The van der Waals surface area contributed by atoms with Crippen LogP contribution in [0.2, 0.25) is 5.02 Å². The molecule has 1 aromatic carbocycles. The monoisotopic (exact) mass is 236 g/mol. The molecule has 1 rings (SSSR count). The summed E-state index contributed by atoms with van der Waals surface area (Å²) in [4.78, 5) is 0. The summed E-state index contributed by atoms with van der Waals surface area (Å²) >= 11 is 5.94. The van der Waals surface area contributed by atoms with E-state index in [0.717, 1.165) is 17.0 Å². The molecule has 2 atom stereocenters. The molecule has 0 aromatic heterocycles. The number of rotatable bonds is 5. The summed E-state index contributed by atoms with van der Waals surface area (Å²) in [6, 6.07) is 10.5. The maximum absolute atomic E-state index is 8.68. The van der Waals surface area contributed by atoms with Crippen molar-refractivity contribution < 1.29 is 0 Å². The second-order valence-electron chi connectivity index (χ2n) is 3.91. The number of benzene rings is 1. The molecule has 0 radical (unpaired) electrons. The minimum atomic E-state index is 0.219. The van der Waals surface area contributed by atoms with Gasteiger partial charge in [-0.05, 0) is 31.0 Å². The highest BCUT2D eigenvalue weighted by Crippen LogP contribution is 2.18. The van der Waals surface area contributed by atoms with Gasteiger partial charge in [0.25, 0.3) is 0 Å². The van der Waals surface area contributed by atoms with Crippen molar-refractivity contribution >= 4 is 11.6 Å². The van der Waals surface area contributed by atoms with E-state index in [4.69, 9.17) is 16.9 Å². The average molecular weight is 237 g/mol. The summed E-state index contributed by atoms with van der Waals surface area (Å²) in [6.07, 6.45) is 1.50. The highest BCUT2D eigenvalue weighted by Gasteiger charge is 2.11. The predicted molar refractivity (Wildman–Crippen MR) is 67.3 cm³/mol. The Bertz CT molecular complexity index is 370. The van der Waals surface area contributed by atoms with Crippen molar-refractivity contribution in [3.05, 3.63) is 34.9 Å². The van der Waals surface area contributed by atoms with Gasteiger partial charge in [0.2, 0.25) is 0 Å². The number of nitrogens with one attached hydrogen (secondary N) is 1. The Morgan fingerprint density at radius 2 is 2.25 bits per heavy atom. The highest BCUT2D eigenvalue weighted by molar-refractivity contribution is 6.30. The van der Waals surface area contributed by atoms with Crippen LogP contribution in [-0.2, 0) is 0 Å². The molecule has 0 heterocycles. The molecule has 1 aromatic rings. The summed E-state index contributed by atoms with van der Waals surface area (Å²) in [5.41, 5.74) is 1.16. The lowest BCUT2D eigenvalue weighted by atomic mass is 10.1. The number of hydrogen-bond acceptors (Lipinski definition) is 2. The first-order valence-electron chi connectivity index (χ1n) is 5.55. The Hall–Kier alpha value is -1.04. The fourth-order valence-corrected chi connectivity index (χ4v) is 1.86. The van der Waals surface area contributed by atoms with Crippen LogP contribution in [0.5, 0.6) is 0 Å². The predicted octanol–water partition coefficient (Wildman–Crippen LogP) is 3.68. The molecule has 3 heteroatoms. The minimum absolute atomic E-state index is 0.219. The molecule has 0 amide bonds. The number of nitriles is 1. The number of nitrogens with zero attached hydrogens (tertiary/aromatic N) is 1. The van der Waals surface area contributed by atoms with Gasteiger partial charge in [-0.15, -0.1) is 0 Å². The molecule has 0 fully saturated rings. The third kappa shape index (κ3) is 3.84. The fraction of sp³-hybridized carbons (Fsp3) is 0.462. The third-order valence-electron chi connectivity index (χ3n) is 2.66. The van der Waals surface area contributed by atoms with Gasteiger partial charge in [0.1, 0.15) is 0 Å². The van der Waals surface area contributed by atoms with E-state index in [-0.39, 0.29) is 12.1 Å². The summed E-state index contributed by atoms with van der Waals surface area (Å²) in [6.45, 7) is 4.17. The van der Waals surface area contributed by atoms with Crippen LogP contribution in [0.25, 0.3) is 0 Å². The van der Waals surface area contributed by atoms with Crippen molar-refractivity contribution in [3.8, 4) is 6.07 Å². The van der Waals surface area contributed by atoms with Gasteiger partial charge in [-0.1, -0.05) is 30.7 Å². The molecule has 0 aliphatic carbocycles. The molecule has 16 heavy (non-hydrogen) atoms. The zero-order valence-corrected chi connectivity index (χ0v) is 10.5. The van der Waals surface area contributed by atoms with Gasteiger partial charge in [-0.3, -0.25) is 0 Å². The van der Waals surface area contributed by atoms with Crippen molar-refractivity contribution in [2.24, 2.45) is 0 Å². The summed E-state index contributed by atoms with van der Waals surface area (Å²) < 4.78 is 0. The quantitative estimate of drug-likeness (QED) is 0.847. The minimum Gasteiger partial charge on any atom is -0.306 e. The average Bonchev–Trinajstić information content (AvgIpc) is 2.28. The lowest BCUT2D eigenvalue weighted by Gasteiger charge is -2.20. The van der Waals surface area contributed by atoms with Crippen LogP contribution >= 0.6 is 11.6 Å². The zero-order valence-electron chi connectivity index (χ0n) is 9.70. The van der Waals surface area contributed by atoms with Crippen molar-refractivity contribution in [1.29, 1.82) is 5.26 Å². The van der Waals surface area contributed by atoms with E-state index in [1.54, 1.807) is 0 Å². The van der Waals surface area contributed by atoms with Gasteiger partial charge in [-0.2, -0.15) is 5.26 Å². The first kappa shape index (κ1) is 13.0. The van der Waals surface area contributed by atoms with E-state index < -0.39 is 0 Å². The van der Waals surface area contributed by atoms with Crippen LogP contribution in [0.4, 0.5) is 0 Å². The van der Waals surface area contributed by atoms with E-state index in [9.17, 15) is 0 Å². The van der Waals surface area contributed by atoms with E-state index >= 15 is 0 Å². The standard InChI is InChI=1S/C13H17ClN2/c1-3-13(7-8-15)16-10(2)11-5-4-6-12(14)9-11/h4-6,9-10,13,16H,3,7H2,1-2H3. The smallest absolute Gasteiger partial charge is 0.0638 e. The van der Waals surface area contributed by atoms with Gasteiger partial charge >= 0.3 is 0 Å². The maximum atomic E-state index is 8.68. The van der Waals surface area contributed by atoms with Crippen LogP contribution in [0.1, 0.15) is 38.3 Å². The molecule has 0 aliphatic rings. The Morgan fingerprint density at radius 3 is 2.81 bits per heavy atom. The summed E-state index contributed by atoms with van der Waals surface area (Å²) in [5.74, 6) is 0. The SMILES string of the molecule is CCC(CC#N)NC(C)c1cccc(Cl)c1. The second kappa shape index (κ2) is 6.52. The topological polar surface area (TPSA) is 35.8 Å². The van der Waals surface area contributed by atoms with Crippen LogP contribution < -0.4 is 5.32 Å². The maximum Gasteiger partial charge on any atom is 0.0638 e. The molecular weight excluding hydrogens is 220 g/mol. The second-order valence-corrected chi connectivity index (χ2v) is 4.35. The molecule has 0 spiro atoms. The molecule has 1 N–H and O–H groups in total. The van der Waals surface area contributed by atoms with Gasteiger partial charge in [0.15, 0.2) is 0 Å². The largest absolute Gasteiger partial charge is 0.306 e. The summed E-state index contributed by atoms with van der Waals surface area (Å²) in [5, 5.41) is 12.9. The van der Waals surface area contributed by atoms with E-state index in [2.05, 4.69) is 25.2 Å². The molecular formula is C13H17ClN2.